The number of aryl methyl sites for hydroxylation is 1. The van der Waals surface area contributed by atoms with E-state index in [0.29, 0.717) is 11.4 Å². The highest BCUT2D eigenvalue weighted by Gasteiger charge is 2.26. The Balaban J connectivity index is 2.30. The molecule has 0 amide bonds. The maximum atomic E-state index is 13.6. The van der Waals surface area contributed by atoms with Gasteiger partial charge < -0.3 is 15.4 Å². The average Bonchev–Trinajstić information content (AvgIpc) is 2.55. The van der Waals surface area contributed by atoms with Crippen LogP contribution in [-0.2, 0) is 0 Å². The number of methoxy groups -OCH3 is 1. The minimum absolute atomic E-state index is 0.360. The maximum Gasteiger partial charge on any atom is 0.200 e. The van der Waals surface area contributed by atoms with Gasteiger partial charge in [0, 0.05) is 0 Å². The monoisotopic (exact) mass is 362 g/mol. The molecule has 0 aliphatic rings. The summed E-state index contributed by atoms with van der Waals surface area (Å²) in [6.07, 6.45) is 0. The highest BCUT2D eigenvalue weighted by Crippen LogP contribution is 2.28. The molecule has 0 saturated heterocycles. The number of ether oxygens (including phenoxy) is 1. The fourth-order valence-electron chi connectivity index (χ4n) is 1.90. The summed E-state index contributed by atoms with van der Waals surface area (Å²) in [5, 5.41) is 4.18. The molecular formula is C15H11F5N2OS. The third-order valence-corrected chi connectivity index (χ3v) is 3.26. The SMILES string of the molecule is COc1ccc(C)cc1NC(=S)Nc1c(F)c(F)c(F)c(F)c1F. The molecule has 0 heterocycles. The van der Waals surface area contributed by atoms with Crippen molar-refractivity contribution in [1.29, 1.82) is 0 Å². The lowest BCUT2D eigenvalue weighted by molar-refractivity contribution is 0.382. The molecule has 2 aromatic rings. The lowest BCUT2D eigenvalue weighted by atomic mass is 10.2. The minimum atomic E-state index is -2.24. The summed E-state index contributed by atoms with van der Waals surface area (Å²) in [5.74, 6) is -10.0. The third-order valence-electron chi connectivity index (χ3n) is 3.05. The van der Waals surface area contributed by atoms with Crippen LogP contribution in [0.25, 0.3) is 0 Å². The summed E-state index contributed by atoms with van der Waals surface area (Å²) >= 11 is 4.86. The summed E-state index contributed by atoms with van der Waals surface area (Å²) in [6.45, 7) is 1.78. The van der Waals surface area contributed by atoms with Crippen LogP contribution in [0, 0.1) is 36.0 Å². The molecule has 2 aromatic carbocycles. The number of halogens is 5. The Morgan fingerprint density at radius 2 is 1.46 bits per heavy atom. The van der Waals surface area contributed by atoms with E-state index < -0.39 is 34.8 Å². The lowest BCUT2D eigenvalue weighted by Gasteiger charge is -2.15. The van der Waals surface area contributed by atoms with E-state index in [1.807, 2.05) is 5.32 Å². The quantitative estimate of drug-likeness (QED) is 0.364. The van der Waals surface area contributed by atoms with E-state index in [1.54, 1.807) is 25.1 Å². The summed E-state index contributed by atoms with van der Waals surface area (Å²) in [7, 11) is 1.40. The van der Waals surface area contributed by atoms with Gasteiger partial charge in [0.15, 0.2) is 28.4 Å². The molecule has 24 heavy (non-hydrogen) atoms. The predicted octanol–water partition coefficient (Wildman–Crippen LogP) is 4.51. The summed E-state index contributed by atoms with van der Waals surface area (Å²) in [4.78, 5) is 0. The molecule has 0 aliphatic carbocycles. The van der Waals surface area contributed by atoms with Gasteiger partial charge in [-0.1, -0.05) is 6.07 Å². The Labute approximate surface area is 139 Å². The van der Waals surface area contributed by atoms with Crippen molar-refractivity contribution in [3.8, 4) is 5.75 Å². The van der Waals surface area contributed by atoms with Crippen LogP contribution in [0.1, 0.15) is 5.56 Å². The van der Waals surface area contributed by atoms with Crippen molar-refractivity contribution in [2.75, 3.05) is 17.7 Å². The molecular weight excluding hydrogens is 351 g/mol. The van der Waals surface area contributed by atoms with Crippen LogP contribution >= 0.6 is 12.2 Å². The second-order valence-corrected chi connectivity index (χ2v) is 5.14. The van der Waals surface area contributed by atoms with Gasteiger partial charge in [-0.2, -0.15) is 0 Å². The van der Waals surface area contributed by atoms with Gasteiger partial charge in [0.1, 0.15) is 11.4 Å². The van der Waals surface area contributed by atoms with Crippen molar-refractivity contribution < 1.29 is 26.7 Å². The lowest BCUT2D eigenvalue weighted by Crippen LogP contribution is -2.22. The van der Waals surface area contributed by atoms with E-state index in [-0.39, 0.29) is 5.11 Å². The van der Waals surface area contributed by atoms with E-state index in [0.717, 1.165) is 5.56 Å². The zero-order valence-corrected chi connectivity index (χ0v) is 13.3. The Hall–Kier alpha value is -2.42. The van der Waals surface area contributed by atoms with Gasteiger partial charge in [0.05, 0.1) is 12.8 Å². The Morgan fingerprint density at radius 1 is 0.917 bits per heavy atom. The Kier molecular flexibility index (Phi) is 5.23. The van der Waals surface area contributed by atoms with Crippen LogP contribution in [0.15, 0.2) is 18.2 Å². The van der Waals surface area contributed by atoms with E-state index >= 15 is 0 Å². The Bertz CT molecular complexity index is 784. The van der Waals surface area contributed by atoms with Gasteiger partial charge in [-0.05, 0) is 36.8 Å². The van der Waals surface area contributed by atoms with Crippen LogP contribution in [0.5, 0.6) is 5.75 Å². The van der Waals surface area contributed by atoms with E-state index in [2.05, 4.69) is 5.32 Å². The topological polar surface area (TPSA) is 33.3 Å². The highest BCUT2D eigenvalue weighted by molar-refractivity contribution is 7.80. The van der Waals surface area contributed by atoms with Crippen LogP contribution in [-0.4, -0.2) is 12.2 Å². The van der Waals surface area contributed by atoms with Crippen molar-refractivity contribution in [2.24, 2.45) is 0 Å². The normalized spacial score (nSPS) is 10.5. The molecule has 0 spiro atoms. The van der Waals surface area contributed by atoms with Crippen LogP contribution in [0.3, 0.4) is 0 Å². The molecule has 128 valence electrons. The van der Waals surface area contributed by atoms with Crippen molar-refractivity contribution in [3.63, 3.8) is 0 Å². The Morgan fingerprint density at radius 3 is 2.00 bits per heavy atom. The molecule has 0 saturated carbocycles. The minimum Gasteiger partial charge on any atom is -0.495 e. The van der Waals surface area contributed by atoms with Crippen molar-refractivity contribution in [2.45, 2.75) is 6.92 Å². The number of hydrogen-bond acceptors (Lipinski definition) is 2. The van der Waals surface area contributed by atoms with E-state index in [4.69, 9.17) is 17.0 Å². The smallest absolute Gasteiger partial charge is 0.200 e. The first-order chi connectivity index (χ1) is 11.3. The molecule has 0 fully saturated rings. The van der Waals surface area contributed by atoms with Gasteiger partial charge >= 0.3 is 0 Å². The van der Waals surface area contributed by atoms with Crippen molar-refractivity contribution in [1.82, 2.24) is 0 Å². The standard InChI is InChI=1S/C15H11F5N2OS/c1-6-3-4-8(23-2)7(5-6)21-15(24)22-14-12(19)10(17)9(16)11(18)13(14)20/h3-5H,1-2H3,(H2,21,22,24). The zero-order valence-electron chi connectivity index (χ0n) is 12.4. The molecule has 9 heteroatoms. The number of nitrogens with one attached hydrogen (secondary N) is 2. The molecule has 0 atom stereocenters. The molecule has 2 rings (SSSR count). The number of anilines is 2. The second-order valence-electron chi connectivity index (χ2n) is 4.73. The number of hydrogen-bond donors (Lipinski definition) is 2. The summed E-state index contributed by atoms with van der Waals surface area (Å²) < 4.78 is 71.7. The fourth-order valence-corrected chi connectivity index (χ4v) is 2.11. The molecule has 0 radical (unpaired) electrons. The molecule has 2 N–H and O–H groups in total. The number of rotatable bonds is 3. The number of thiocarbonyl (C=S) groups is 1. The van der Waals surface area contributed by atoms with E-state index in [9.17, 15) is 22.0 Å². The predicted molar refractivity (Wildman–Crippen MR) is 83.8 cm³/mol. The molecule has 0 aromatic heterocycles. The maximum absolute atomic E-state index is 13.6. The van der Waals surface area contributed by atoms with Gasteiger partial charge in [-0.3, -0.25) is 0 Å². The van der Waals surface area contributed by atoms with Crippen LogP contribution in [0.2, 0.25) is 0 Å². The molecule has 0 aliphatic heterocycles. The molecule has 0 unspecified atom stereocenters. The molecule has 3 nitrogen and oxygen atoms in total. The van der Waals surface area contributed by atoms with Crippen molar-refractivity contribution in [3.05, 3.63) is 52.8 Å². The number of benzene rings is 2. The van der Waals surface area contributed by atoms with Crippen LogP contribution < -0.4 is 15.4 Å². The van der Waals surface area contributed by atoms with E-state index in [1.165, 1.54) is 7.11 Å². The fraction of sp³-hybridized carbons (Fsp3) is 0.133. The average molecular weight is 362 g/mol. The van der Waals surface area contributed by atoms with Crippen LogP contribution in [0.4, 0.5) is 33.3 Å². The van der Waals surface area contributed by atoms with Crippen molar-refractivity contribution >= 4 is 28.7 Å². The van der Waals surface area contributed by atoms with Gasteiger partial charge in [0.25, 0.3) is 0 Å². The van der Waals surface area contributed by atoms with Gasteiger partial charge in [0.2, 0.25) is 5.82 Å². The van der Waals surface area contributed by atoms with Gasteiger partial charge in [-0.25, -0.2) is 22.0 Å². The first kappa shape index (κ1) is 17.9. The first-order valence-corrected chi connectivity index (χ1v) is 6.91. The zero-order chi connectivity index (χ0) is 18.0. The summed E-state index contributed by atoms with van der Waals surface area (Å²) in [5.41, 5.74) is -0.0493. The summed E-state index contributed by atoms with van der Waals surface area (Å²) in [6, 6.07) is 5.01. The highest BCUT2D eigenvalue weighted by atomic mass is 32.1. The van der Waals surface area contributed by atoms with Gasteiger partial charge in [-0.15, -0.1) is 0 Å². The second kappa shape index (κ2) is 7.00. The first-order valence-electron chi connectivity index (χ1n) is 6.50. The molecule has 0 bridgehead atoms. The largest absolute Gasteiger partial charge is 0.495 e. The third kappa shape index (κ3) is 3.40.